The lowest BCUT2D eigenvalue weighted by atomic mass is 9.85. The smallest absolute Gasteiger partial charge is 0.196 e. The summed E-state index contributed by atoms with van der Waals surface area (Å²) in [5, 5.41) is 4.42. The molecule has 0 amide bonds. The predicted octanol–water partition coefficient (Wildman–Crippen LogP) is 5.56. The van der Waals surface area contributed by atoms with Crippen molar-refractivity contribution in [3.05, 3.63) is 77.4 Å². The number of ketones is 1. The highest BCUT2D eigenvalue weighted by Crippen LogP contribution is 2.45. The number of aryl methyl sites for hydroxylation is 1. The minimum atomic E-state index is 0.0652. The molecule has 1 aromatic heterocycles. The maximum atomic E-state index is 13.3. The Hall–Kier alpha value is -2.98. The number of fused-ring (bicyclic) bond motifs is 2. The fraction of sp³-hybridized carbons (Fsp3) is 0.0476. The van der Waals surface area contributed by atoms with Gasteiger partial charge < -0.3 is 5.32 Å². The van der Waals surface area contributed by atoms with E-state index >= 15 is 0 Å². The van der Waals surface area contributed by atoms with Gasteiger partial charge in [0, 0.05) is 22.2 Å². The van der Waals surface area contributed by atoms with E-state index in [1.165, 1.54) is 11.5 Å². The molecule has 0 radical (unpaired) electrons. The van der Waals surface area contributed by atoms with Gasteiger partial charge in [-0.3, -0.25) is 4.79 Å². The molecule has 120 valence electrons. The van der Waals surface area contributed by atoms with Crippen molar-refractivity contribution in [1.29, 1.82) is 0 Å². The summed E-state index contributed by atoms with van der Waals surface area (Å²) in [7, 11) is 0. The standard InChI is InChI=1S/C21H14N2OS/c1-12-11-16-17-18(19(12)22-13-7-3-2-4-8-13)21(24)15-10-6-5-9-14(15)20(17)23-25-16/h2-11,22H,1H3. The molecule has 4 heteroatoms. The zero-order chi connectivity index (χ0) is 17.0. The molecule has 1 N–H and O–H groups in total. The van der Waals surface area contributed by atoms with Gasteiger partial charge in [-0.05, 0) is 42.2 Å². The molecule has 0 aliphatic heterocycles. The predicted molar refractivity (Wildman–Crippen MR) is 103 cm³/mol. The quantitative estimate of drug-likeness (QED) is 0.457. The van der Waals surface area contributed by atoms with Crippen molar-refractivity contribution in [2.45, 2.75) is 6.92 Å². The Bertz CT molecular complexity index is 1150. The fourth-order valence-electron chi connectivity index (χ4n) is 3.49. The molecule has 3 nitrogen and oxygen atoms in total. The van der Waals surface area contributed by atoms with Gasteiger partial charge in [-0.15, -0.1) is 0 Å². The van der Waals surface area contributed by atoms with Crippen LogP contribution in [0.15, 0.2) is 60.7 Å². The van der Waals surface area contributed by atoms with Crippen LogP contribution < -0.4 is 5.32 Å². The molecule has 0 fully saturated rings. The van der Waals surface area contributed by atoms with E-state index in [1.807, 2.05) is 61.5 Å². The van der Waals surface area contributed by atoms with Crippen molar-refractivity contribution in [2.24, 2.45) is 0 Å². The van der Waals surface area contributed by atoms with Gasteiger partial charge in [-0.2, -0.15) is 4.37 Å². The van der Waals surface area contributed by atoms with E-state index in [9.17, 15) is 4.79 Å². The van der Waals surface area contributed by atoms with Crippen LogP contribution in [-0.2, 0) is 0 Å². The summed E-state index contributed by atoms with van der Waals surface area (Å²) < 4.78 is 5.71. The van der Waals surface area contributed by atoms with E-state index in [4.69, 9.17) is 0 Å². The third-order valence-corrected chi connectivity index (χ3v) is 5.45. The number of nitrogens with one attached hydrogen (secondary N) is 1. The average Bonchev–Trinajstić information content (AvgIpc) is 3.06. The maximum Gasteiger partial charge on any atom is 0.196 e. The second-order valence-corrected chi connectivity index (χ2v) is 7.02. The molecule has 25 heavy (non-hydrogen) atoms. The van der Waals surface area contributed by atoms with Gasteiger partial charge in [-0.1, -0.05) is 42.5 Å². The Kier molecular flexibility index (Phi) is 3.02. The number of carbonyl (C=O) groups is 1. The lowest BCUT2D eigenvalue weighted by Crippen LogP contribution is -2.12. The van der Waals surface area contributed by atoms with Crippen LogP contribution in [0.25, 0.3) is 21.3 Å². The van der Waals surface area contributed by atoms with Crippen molar-refractivity contribution in [2.75, 3.05) is 5.32 Å². The zero-order valence-electron chi connectivity index (χ0n) is 13.5. The Morgan fingerprint density at radius 3 is 2.48 bits per heavy atom. The molecule has 0 saturated heterocycles. The third kappa shape index (κ3) is 2.04. The van der Waals surface area contributed by atoms with E-state index in [0.29, 0.717) is 0 Å². The lowest BCUT2D eigenvalue weighted by Gasteiger charge is -2.20. The number of para-hydroxylation sites is 1. The van der Waals surface area contributed by atoms with Gasteiger partial charge in [0.1, 0.15) is 0 Å². The zero-order valence-corrected chi connectivity index (χ0v) is 14.4. The lowest BCUT2D eigenvalue weighted by molar-refractivity contribution is 0.104. The Morgan fingerprint density at radius 2 is 1.68 bits per heavy atom. The van der Waals surface area contributed by atoms with Gasteiger partial charge >= 0.3 is 0 Å². The van der Waals surface area contributed by atoms with Crippen molar-refractivity contribution in [3.63, 3.8) is 0 Å². The number of nitrogens with zero attached hydrogens (tertiary/aromatic N) is 1. The van der Waals surface area contributed by atoms with Crippen molar-refractivity contribution in [1.82, 2.24) is 4.37 Å². The summed E-state index contributed by atoms with van der Waals surface area (Å²) in [5.41, 5.74) is 6.21. The summed E-state index contributed by atoms with van der Waals surface area (Å²) in [6.45, 7) is 2.04. The summed E-state index contributed by atoms with van der Waals surface area (Å²) >= 11 is 1.46. The topological polar surface area (TPSA) is 42.0 Å². The maximum absolute atomic E-state index is 13.3. The van der Waals surface area contributed by atoms with Crippen LogP contribution in [0.4, 0.5) is 11.4 Å². The van der Waals surface area contributed by atoms with E-state index in [-0.39, 0.29) is 5.78 Å². The molecule has 1 aliphatic rings. The third-order valence-electron chi connectivity index (χ3n) is 4.66. The largest absolute Gasteiger partial charge is 0.355 e. The molecule has 1 heterocycles. The molecule has 0 spiro atoms. The summed E-state index contributed by atoms with van der Waals surface area (Å²) in [6, 6.07) is 19.8. The van der Waals surface area contributed by atoms with Gasteiger partial charge in [-0.25, -0.2) is 0 Å². The van der Waals surface area contributed by atoms with Gasteiger partial charge in [0.15, 0.2) is 5.78 Å². The number of anilines is 2. The molecule has 4 aromatic rings. The van der Waals surface area contributed by atoms with E-state index < -0.39 is 0 Å². The summed E-state index contributed by atoms with van der Waals surface area (Å²) in [6.07, 6.45) is 0. The highest BCUT2D eigenvalue weighted by Gasteiger charge is 2.30. The molecular formula is C21H14N2OS. The fourth-order valence-corrected chi connectivity index (χ4v) is 4.39. The Balaban J connectivity index is 1.83. The van der Waals surface area contributed by atoms with Crippen LogP contribution >= 0.6 is 11.5 Å². The van der Waals surface area contributed by atoms with Crippen molar-refractivity contribution >= 4 is 38.8 Å². The first-order valence-electron chi connectivity index (χ1n) is 8.13. The molecule has 0 atom stereocenters. The number of benzene rings is 3. The van der Waals surface area contributed by atoms with E-state index in [1.54, 1.807) is 0 Å². The normalized spacial score (nSPS) is 12.3. The number of rotatable bonds is 2. The second-order valence-electron chi connectivity index (χ2n) is 6.21. The first-order chi connectivity index (χ1) is 12.2. The molecule has 5 rings (SSSR count). The highest BCUT2D eigenvalue weighted by atomic mass is 32.1. The van der Waals surface area contributed by atoms with Crippen molar-refractivity contribution in [3.8, 4) is 11.3 Å². The number of hydrogen-bond acceptors (Lipinski definition) is 4. The molecular weight excluding hydrogens is 328 g/mol. The van der Waals surface area contributed by atoms with Crippen LogP contribution in [0.3, 0.4) is 0 Å². The molecule has 0 bridgehead atoms. The minimum Gasteiger partial charge on any atom is -0.355 e. The summed E-state index contributed by atoms with van der Waals surface area (Å²) in [4.78, 5) is 13.3. The van der Waals surface area contributed by atoms with Crippen LogP contribution in [0.1, 0.15) is 21.5 Å². The molecule has 0 saturated carbocycles. The van der Waals surface area contributed by atoms with E-state index in [2.05, 4.69) is 15.8 Å². The van der Waals surface area contributed by atoms with Gasteiger partial charge in [0.2, 0.25) is 0 Å². The number of carbonyl (C=O) groups excluding carboxylic acids is 1. The Morgan fingerprint density at radius 1 is 0.960 bits per heavy atom. The summed E-state index contributed by atoms with van der Waals surface area (Å²) in [5.74, 6) is 0.0652. The molecule has 3 aromatic carbocycles. The Labute approximate surface area is 149 Å². The van der Waals surface area contributed by atoms with Crippen LogP contribution in [0.2, 0.25) is 0 Å². The minimum absolute atomic E-state index is 0.0652. The van der Waals surface area contributed by atoms with Crippen molar-refractivity contribution < 1.29 is 4.79 Å². The van der Waals surface area contributed by atoms with Crippen LogP contribution in [0, 0.1) is 6.92 Å². The van der Waals surface area contributed by atoms with Gasteiger partial charge in [0.25, 0.3) is 0 Å². The number of aromatic nitrogens is 1. The first-order valence-corrected chi connectivity index (χ1v) is 8.90. The first kappa shape index (κ1) is 14.4. The number of hydrogen-bond donors (Lipinski definition) is 1. The monoisotopic (exact) mass is 342 g/mol. The molecule has 1 aliphatic carbocycles. The average molecular weight is 342 g/mol. The van der Waals surface area contributed by atoms with Crippen LogP contribution in [0.5, 0.6) is 0 Å². The molecule has 0 unspecified atom stereocenters. The second kappa shape index (κ2) is 5.26. The highest BCUT2D eigenvalue weighted by molar-refractivity contribution is 7.13. The SMILES string of the molecule is Cc1cc2snc3c2c(c1Nc1ccccc1)C(=O)c1ccccc1-3. The van der Waals surface area contributed by atoms with Gasteiger partial charge in [0.05, 0.1) is 21.6 Å². The van der Waals surface area contributed by atoms with Crippen LogP contribution in [-0.4, -0.2) is 10.2 Å². The van der Waals surface area contributed by atoms with E-state index in [0.717, 1.165) is 49.4 Å².